The van der Waals surface area contributed by atoms with Gasteiger partial charge in [-0.1, -0.05) is 38.3 Å². The van der Waals surface area contributed by atoms with E-state index >= 15 is 0 Å². The van der Waals surface area contributed by atoms with Crippen molar-refractivity contribution in [1.29, 1.82) is 0 Å². The van der Waals surface area contributed by atoms with Crippen LogP contribution in [0.4, 0.5) is 4.39 Å². The van der Waals surface area contributed by atoms with Gasteiger partial charge in [0.25, 0.3) is 0 Å². The summed E-state index contributed by atoms with van der Waals surface area (Å²) in [6, 6.07) is 6.19. The van der Waals surface area contributed by atoms with Crippen molar-refractivity contribution in [3.8, 4) is 0 Å². The number of benzene rings is 1. The molecule has 1 aromatic rings. The van der Waals surface area contributed by atoms with Gasteiger partial charge in [-0.25, -0.2) is 4.39 Å². The first-order chi connectivity index (χ1) is 13.0. The molecule has 0 radical (unpaired) electrons. The maximum Gasteiger partial charge on any atom is 0.163 e. The van der Waals surface area contributed by atoms with Crippen LogP contribution in [0.3, 0.4) is 0 Å². The fourth-order valence-corrected chi connectivity index (χ4v) is 4.23. The highest BCUT2D eigenvalue weighted by molar-refractivity contribution is 6.06. The number of rotatable bonds is 7. The van der Waals surface area contributed by atoms with Gasteiger partial charge in [-0.3, -0.25) is 4.79 Å². The predicted molar refractivity (Wildman–Crippen MR) is 108 cm³/mol. The second-order valence-corrected chi connectivity index (χ2v) is 7.66. The molecule has 144 valence electrons. The third kappa shape index (κ3) is 3.92. The molecule has 0 amide bonds. The Labute approximate surface area is 161 Å². The zero-order valence-electron chi connectivity index (χ0n) is 16.8. The highest BCUT2D eigenvalue weighted by Gasteiger charge is 2.37. The molecule has 1 aliphatic carbocycles. The van der Waals surface area contributed by atoms with Gasteiger partial charge in [0.1, 0.15) is 17.7 Å². The minimum atomic E-state index is -0.292. The van der Waals surface area contributed by atoms with E-state index in [1.807, 2.05) is 0 Å². The van der Waals surface area contributed by atoms with Gasteiger partial charge in [-0.15, -0.1) is 0 Å². The molecule has 1 aliphatic heterocycles. The Morgan fingerprint density at radius 3 is 2.56 bits per heavy atom. The van der Waals surface area contributed by atoms with E-state index in [9.17, 15) is 9.18 Å². The van der Waals surface area contributed by atoms with Crippen molar-refractivity contribution in [3.63, 3.8) is 0 Å². The highest BCUT2D eigenvalue weighted by Crippen LogP contribution is 2.44. The van der Waals surface area contributed by atoms with E-state index in [1.54, 1.807) is 19.1 Å². The Morgan fingerprint density at radius 1 is 1.26 bits per heavy atom. The molecule has 0 aromatic heterocycles. The Bertz CT molecular complexity index is 811. The zero-order chi connectivity index (χ0) is 19.6. The molecule has 2 aliphatic rings. The molecule has 0 fully saturated rings. The van der Waals surface area contributed by atoms with Crippen molar-refractivity contribution in [1.82, 2.24) is 0 Å². The molecule has 3 heteroatoms. The quantitative estimate of drug-likeness (QED) is 0.557. The van der Waals surface area contributed by atoms with Gasteiger partial charge in [0.2, 0.25) is 0 Å². The topological polar surface area (TPSA) is 26.3 Å². The minimum absolute atomic E-state index is 0.00332. The van der Waals surface area contributed by atoms with Gasteiger partial charge in [0.15, 0.2) is 5.78 Å². The third-order valence-electron chi connectivity index (χ3n) is 5.72. The lowest BCUT2D eigenvalue weighted by molar-refractivity contribution is -0.113. The average Bonchev–Trinajstić information content (AvgIpc) is 3.01. The van der Waals surface area contributed by atoms with Crippen LogP contribution in [0.25, 0.3) is 5.76 Å². The number of unbranched alkanes of at least 4 members (excludes halogenated alkanes) is 1. The van der Waals surface area contributed by atoms with Crippen LogP contribution in [0, 0.1) is 11.7 Å². The highest BCUT2D eigenvalue weighted by atomic mass is 19.1. The number of ether oxygens (including phenoxy) is 1. The summed E-state index contributed by atoms with van der Waals surface area (Å²) in [7, 11) is 0. The maximum absolute atomic E-state index is 13.3. The van der Waals surface area contributed by atoms with Crippen molar-refractivity contribution in [2.75, 3.05) is 0 Å². The van der Waals surface area contributed by atoms with Crippen LogP contribution in [0.1, 0.15) is 65.4 Å². The van der Waals surface area contributed by atoms with Crippen molar-refractivity contribution in [2.24, 2.45) is 5.92 Å². The van der Waals surface area contributed by atoms with E-state index in [0.717, 1.165) is 24.0 Å². The van der Waals surface area contributed by atoms with Crippen LogP contribution in [0.2, 0.25) is 0 Å². The Morgan fingerprint density at radius 2 is 1.96 bits per heavy atom. The lowest BCUT2D eigenvalue weighted by Gasteiger charge is -2.27. The standard InChI is InChI=1S/C24H29FO2/c1-5-7-8-17(6-2)20-14-21-22(13-15(20)3)27-24(23(21)16(4)26)18-9-11-19(25)12-10-18/h9-12,14,17,22H,5-8,13H2,1-4H3/t17-,22?/m0/s1. The van der Waals surface area contributed by atoms with Gasteiger partial charge in [-0.05, 0) is 62.4 Å². The summed E-state index contributed by atoms with van der Waals surface area (Å²) in [4.78, 5) is 12.5. The molecule has 0 saturated heterocycles. The normalized spacial score (nSPS) is 20.3. The van der Waals surface area contributed by atoms with E-state index in [1.165, 1.54) is 42.5 Å². The molecular formula is C24H29FO2. The second-order valence-electron chi connectivity index (χ2n) is 7.66. The fourth-order valence-electron chi connectivity index (χ4n) is 4.23. The molecular weight excluding hydrogens is 339 g/mol. The fraction of sp³-hybridized carbons (Fsp3) is 0.458. The summed E-state index contributed by atoms with van der Waals surface area (Å²) >= 11 is 0. The first-order valence-corrected chi connectivity index (χ1v) is 10.1. The molecule has 0 N–H and O–H groups in total. The molecule has 3 rings (SSSR count). The maximum atomic E-state index is 13.3. The number of fused-ring (bicyclic) bond motifs is 1. The van der Waals surface area contributed by atoms with E-state index in [4.69, 9.17) is 4.74 Å². The third-order valence-corrected chi connectivity index (χ3v) is 5.72. The number of carbonyl (C=O) groups excluding carboxylic acids is 1. The second kappa shape index (κ2) is 8.24. The van der Waals surface area contributed by atoms with Crippen LogP contribution in [0.15, 0.2) is 52.6 Å². The summed E-state index contributed by atoms with van der Waals surface area (Å²) < 4.78 is 19.5. The predicted octanol–water partition coefficient (Wildman–Crippen LogP) is 6.39. The van der Waals surface area contributed by atoms with Crippen LogP contribution in [-0.4, -0.2) is 11.9 Å². The number of ketones is 1. The molecule has 0 saturated carbocycles. The molecule has 27 heavy (non-hydrogen) atoms. The molecule has 2 nitrogen and oxygen atoms in total. The SMILES string of the molecule is CCCC[C@H](CC)C1=C(C)CC2OC(c3ccc(F)cc3)=C(C(C)=O)C2=C1. The van der Waals surface area contributed by atoms with E-state index in [2.05, 4.69) is 26.8 Å². The van der Waals surface area contributed by atoms with Crippen molar-refractivity contribution >= 4 is 11.5 Å². The Kier molecular flexibility index (Phi) is 5.98. The van der Waals surface area contributed by atoms with E-state index in [-0.39, 0.29) is 17.7 Å². The molecule has 1 heterocycles. The lowest BCUT2D eigenvalue weighted by atomic mass is 9.79. The first-order valence-electron chi connectivity index (χ1n) is 10.1. The largest absolute Gasteiger partial charge is 0.484 e. The van der Waals surface area contributed by atoms with Crippen LogP contribution >= 0.6 is 0 Å². The number of carbonyl (C=O) groups is 1. The molecule has 0 bridgehead atoms. The molecule has 2 atom stereocenters. The number of Topliss-reactive ketones (excluding diaryl/α,β-unsaturated/α-hetero) is 1. The van der Waals surface area contributed by atoms with E-state index in [0.29, 0.717) is 17.3 Å². The number of hydrogen-bond donors (Lipinski definition) is 0. The van der Waals surface area contributed by atoms with Crippen molar-refractivity contribution in [3.05, 3.63) is 64.0 Å². The lowest BCUT2D eigenvalue weighted by Crippen LogP contribution is -2.19. The average molecular weight is 368 g/mol. The molecule has 0 spiro atoms. The molecule has 1 unspecified atom stereocenters. The van der Waals surface area contributed by atoms with Gasteiger partial charge >= 0.3 is 0 Å². The summed E-state index contributed by atoms with van der Waals surface area (Å²) in [6.07, 6.45) is 7.60. The van der Waals surface area contributed by atoms with Crippen LogP contribution in [-0.2, 0) is 9.53 Å². The first kappa shape index (κ1) is 19.6. The monoisotopic (exact) mass is 368 g/mol. The van der Waals surface area contributed by atoms with Crippen molar-refractivity contribution < 1.29 is 13.9 Å². The minimum Gasteiger partial charge on any atom is -0.484 e. The van der Waals surface area contributed by atoms with Gasteiger partial charge in [0.05, 0.1) is 5.57 Å². The summed E-state index contributed by atoms with van der Waals surface area (Å²) in [5.41, 5.74) is 5.14. The van der Waals surface area contributed by atoms with Gasteiger partial charge in [0, 0.05) is 17.6 Å². The van der Waals surface area contributed by atoms with Gasteiger partial charge < -0.3 is 4.74 Å². The van der Waals surface area contributed by atoms with E-state index < -0.39 is 0 Å². The zero-order valence-corrected chi connectivity index (χ0v) is 16.8. The Balaban J connectivity index is 2.02. The van der Waals surface area contributed by atoms with Crippen LogP contribution < -0.4 is 0 Å². The number of halogens is 1. The van der Waals surface area contributed by atoms with Crippen LogP contribution in [0.5, 0.6) is 0 Å². The summed E-state index contributed by atoms with van der Waals surface area (Å²) in [5, 5.41) is 0. The molecule has 1 aromatic carbocycles. The van der Waals surface area contributed by atoms with Gasteiger partial charge in [-0.2, -0.15) is 0 Å². The number of allylic oxidation sites excluding steroid dienone is 2. The summed E-state index contributed by atoms with van der Waals surface area (Å²) in [5.74, 6) is 0.833. The Hall–Kier alpha value is -2.16. The smallest absolute Gasteiger partial charge is 0.163 e. The number of hydrogen-bond acceptors (Lipinski definition) is 2. The summed E-state index contributed by atoms with van der Waals surface area (Å²) in [6.45, 7) is 8.23. The van der Waals surface area contributed by atoms with Crippen molar-refractivity contribution in [2.45, 2.75) is 65.9 Å².